The summed E-state index contributed by atoms with van der Waals surface area (Å²) < 4.78 is 30.7. The van der Waals surface area contributed by atoms with Gasteiger partial charge in [0.15, 0.2) is 0 Å². The second-order valence-corrected chi connectivity index (χ2v) is 5.56. The molecular weight excluding hydrogens is 336 g/mol. The van der Waals surface area contributed by atoms with Gasteiger partial charge < -0.3 is 59.1 Å². The van der Waals surface area contributed by atoms with E-state index in [0.717, 1.165) is 0 Å². The fourth-order valence-corrected chi connectivity index (χ4v) is 2.68. The van der Waals surface area contributed by atoms with Crippen molar-refractivity contribution in [1.82, 2.24) is 0 Å². The number of ether oxygens (including phenoxy) is 6. The molecule has 3 aliphatic heterocycles. The predicted octanol–water partition coefficient (Wildman–Crippen LogP) is -4.49. The maximum absolute atomic E-state index is 9.64. The molecule has 3 rings (SSSR count). The van der Waals surface area contributed by atoms with Crippen molar-refractivity contribution in [2.75, 3.05) is 13.2 Å². The van der Waals surface area contributed by atoms with Crippen LogP contribution in [0.4, 0.5) is 0 Å². The lowest BCUT2D eigenvalue weighted by Crippen LogP contribution is -2.63. The summed E-state index contributed by atoms with van der Waals surface area (Å²) in [5.41, 5.74) is 0. The molecule has 10 atom stereocenters. The Kier molecular flexibility index (Phi) is 5.65. The SMILES string of the molecule is OC1OCC(C2OC(O)C(O)OC2C2COC(O)C(O)O2)OC1O. The van der Waals surface area contributed by atoms with Crippen molar-refractivity contribution in [2.24, 2.45) is 0 Å². The van der Waals surface area contributed by atoms with E-state index in [1.54, 1.807) is 0 Å². The molecule has 0 saturated carbocycles. The van der Waals surface area contributed by atoms with E-state index in [-0.39, 0.29) is 13.2 Å². The molecule has 0 aromatic heterocycles. The summed E-state index contributed by atoms with van der Waals surface area (Å²) >= 11 is 0. The van der Waals surface area contributed by atoms with Crippen LogP contribution in [0.2, 0.25) is 0 Å². The van der Waals surface area contributed by atoms with E-state index >= 15 is 0 Å². The van der Waals surface area contributed by atoms with Crippen LogP contribution in [0.15, 0.2) is 0 Å². The molecule has 0 aromatic rings. The first kappa shape index (κ1) is 18.3. The van der Waals surface area contributed by atoms with Crippen LogP contribution in [-0.2, 0) is 28.4 Å². The zero-order valence-corrected chi connectivity index (χ0v) is 12.3. The van der Waals surface area contributed by atoms with Crippen LogP contribution in [0.25, 0.3) is 0 Å². The molecule has 0 aromatic carbocycles. The Morgan fingerprint density at radius 1 is 0.458 bits per heavy atom. The average Bonchev–Trinajstić information content (AvgIpc) is 2.55. The standard InChI is InChI=1S/C12H20O12/c13-7-9(15)21-3(1-19-7)5-6(24-12(18)11(17)23-5)4-2-20-8(14)10(16)22-4/h3-18H,1-2H2. The van der Waals surface area contributed by atoms with E-state index in [1.807, 2.05) is 0 Å². The third-order valence-corrected chi connectivity index (χ3v) is 3.87. The van der Waals surface area contributed by atoms with Crippen LogP contribution in [0, 0.1) is 0 Å². The Bertz CT molecular complexity index is 385. The van der Waals surface area contributed by atoms with Crippen molar-refractivity contribution in [1.29, 1.82) is 0 Å². The van der Waals surface area contributed by atoms with Crippen molar-refractivity contribution in [3.05, 3.63) is 0 Å². The van der Waals surface area contributed by atoms with E-state index in [1.165, 1.54) is 0 Å². The molecule has 0 spiro atoms. The molecule has 10 unspecified atom stereocenters. The molecule has 0 bridgehead atoms. The van der Waals surface area contributed by atoms with Crippen LogP contribution in [0.5, 0.6) is 0 Å². The fourth-order valence-electron chi connectivity index (χ4n) is 2.68. The molecule has 12 heteroatoms. The van der Waals surface area contributed by atoms with Gasteiger partial charge in [-0.15, -0.1) is 0 Å². The summed E-state index contributed by atoms with van der Waals surface area (Å²) in [6.07, 6.45) is -13.9. The van der Waals surface area contributed by atoms with Crippen LogP contribution < -0.4 is 0 Å². The molecule has 3 aliphatic rings. The summed E-state index contributed by atoms with van der Waals surface area (Å²) in [5.74, 6) is 0. The first-order chi connectivity index (χ1) is 11.4. The third-order valence-electron chi connectivity index (χ3n) is 3.87. The largest absolute Gasteiger partial charge is 0.364 e. The number of rotatable bonds is 2. The van der Waals surface area contributed by atoms with E-state index in [2.05, 4.69) is 0 Å². The molecule has 6 N–H and O–H groups in total. The third kappa shape index (κ3) is 3.70. The minimum absolute atomic E-state index is 0.204. The lowest BCUT2D eigenvalue weighted by molar-refractivity contribution is -0.406. The zero-order valence-electron chi connectivity index (χ0n) is 12.3. The van der Waals surface area contributed by atoms with Gasteiger partial charge in [-0.1, -0.05) is 0 Å². The lowest BCUT2D eigenvalue weighted by atomic mass is 10.0. The highest BCUT2D eigenvalue weighted by molar-refractivity contribution is 4.91. The van der Waals surface area contributed by atoms with Crippen molar-refractivity contribution < 1.29 is 59.1 Å². The van der Waals surface area contributed by atoms with Gasteiger partial charge in [0, 0.05) is 0 Å². The molecule has 0 radical (unpaired) electrons. The molecule has 140 valence electrons. The van der Waals surface area contributed by atoms with Crippen molar-refractivity contribution in [2.45, 2.75) is 62.2 Å². The van der Waals surface area contributed by atoms with Crippen molar-refractivity contribution >= 4 is 0 Å². The van der Waals surface area contributed by atoms with Crippen molar-refractivity contribution in [3.8, 4) is 0 Å². The smallest absolute Gasteiger partial charge is 0.207 e. The average molecular weight is 356 g/mol. The second kappa shape index (κ2) is 7.41. The molecule has 24 heavy (non-hydrogen) atoms. The van der Waals surface area contributed by atoms with Gasteiger partial charge in [0.1, 0.15) is 24.4 Å². The van der Waals surface area contributed by atoms with Crippen LogP contribution >= 0.6 is 0 Å². The molecule has 3 fully saturated rings. The molecule has 3 saturated heterocycles. The number of hydrogen-bond donors (Lipinski definition) is 6. The number of hydrogen-bond acceptors (Lipinski definition) is 12. The van der Waals surface area contributed by atoms with E-state index in [9.17, 15) is 30.6 Å². The van der Waals surface area contributed by atoms with E-state index in [4.69, 9.17) is 28.4 Å². The van der Waals surface area contributed by atoms with Gasteiger partial charge in [-0.2, -0.15) is 0 Å². The Balaban J connectivity index is 1.73. The Labute approximate surface area is 135 Å². The van der Waals surface area contributed by atoms with Gasteiger partial charge >= 0.3 is 0 Å². The summed E-state index contributed by atoms with van der Waals surface area (Å²) in [6.45, 7) is -0.408. The highest BCUT2D eigenvalue weighted by atomic mass is 16.8. The maximum atomic E-state index is 9.64. The Morgan fingerprint density at radius 2 is 0.792 bits per heavy atom. The van der Waals surface area contributed by atoms with Gasteiger partial charge in [-0.3, -0.25) is 0 Å². The minimum atomic E-state index is -1.70. The first-order valence-electron chi connectivity index (χ1n) is 7.30. The topological polar surface area (TPSA) is 177 Å². The highest BCUT2D eigenvalue weighted by Gasteiger charge is 2.50. The highest BCUT2D eigenvalue weighted by Crippen LogP contribution is 2.30. The molecule has 0 aliphatic carbocycles. The molecule has 0 amide bonds. The van der Waals surface area contributed by atoms with Gasteiger partial charge in [0.05, 0.1) is 13.2 Å². The summed E-state index contributed by atoms with van der Waals surface area (Å²) in [6, 6.07) is 0. The summed E-state index contributed by atoms with van der Waals surface area (Å²) in [7, 11) is 0. The van der Waals surface area contributed by atoms with Gasteiger partial charge in [0.2, 0.25) is 37.7 Å². The zero-order chi connectivity index (χ0) is 17.4. The first-order valence-corrected chi connectivity index (χ1v) is 7.30. The molecular formula is C12H20O12. The molecule has 12 nitrogen and oxygen atoms in total. The number of aliphatic hydroxyl groups excluding tert-OH is 6. The van der Waals surface area contributed by atoms with Crippen molar-refractivity contribution in [3.63, 3.8) is 0 Å². The lowest BCUT2D eigenvalue weighted by Gasteiger charge is -2.46. The summed E-state index contributed by atoms with van der Waals surface area (Å²) in [4.78, 5) is 0. The van der Waals surface area contributed by atoms with Gasteiger partial charge in [-0.25, -0.2) is 0 Å². The van der Waals surface area contributed by atoms with Crippen LogP contribution in [0.3, 0.4) is 0 Å². The van der Waals surface area contributed by atoms with E-state index in [0.29, 0.717) is 0 Å². The van der Waals surface area contributed by atoms with Gasteiger partial charge in [0.25, 0.3) is 0 Å². The monoisotopic (exact) mass is 356 g/mol. The maximum Gasteiger partial charge on any atom is 0.207 e. The Morgan fingerprint density at radius 3 is 1.12 bits per heavy atom. The second-order valence-electron chi connectivity index (χ2n) is 5.56. The fraction of sp³-hybridized carbons (Fsp3) is 1.00. The molecule has 3 heterocycles. The van der Waals surface area contributed by atoms with Crippen LogP contribution in [-0.4, -0.2) is 106 Å². The number of aliphatic hydroxyl groups is 6. The minimum Gasteiger partial charge on any atom is -0.364 e. The predicted molar refractivity (Wildman–Crippen MR) is 67.4 cm³/mol. The summed E-state index contributed by atoms with van der Waals surface area (Å²) in [5, 5.41) is 57.0. The Hall–Kier alpha value is -0.480. The van der Waals surface area contributed by atoms with Crippen LogP contribution in [0.1, 0.15) is 0 Å². The quantitative estimate of drug-likeness (QED) is 0.280. The van der Waals surface area contributed by atoms with Gasteiger partial charge in [-0.05, 0) is 0 Å². The normalized spacial score (nSPS) is 53.8. The van der Waals surface area contributed by atoms with E-state index < -0.39 is 62.2 Å².